The summed E-state index contributed by atoms with van der Waals surface area (Å²) < 4.78 is 10.9. The Morgan fingerprint density at radius 1 is 1.07 bits per heavy atom. The second kappa shape index (κ2) is 8.06. The van der Waals surface area contributed by atoms with Crippen molar-refractivity contribution in [2.75, 3.05) is 26.2 Å². The van der Waals surface area contributed by atoms with Crippen LogP contribution in [0, 0.1) is 0 Å². The Bertz CT molecular complexity index is 895. The minimum Gasteiger partial charge on any atom is -0.450 e. The Morgan fingerprint density at radius 3 is 2.23 bits per heavy atom. The largest absolute Gasteiger partial charge is 0.450 e. The highest BCUT2D eigenvalue weighted by molar-refractivity contribution is 5.91. The van der Waals surface area contributed by atoms with E-state index >= 15 is 0 Å². The SMILES string of the molecule is CCOC(=O)NC(=O)N1CCN2C(=O)OC(c3ccccc3)(c3ccccc3)C2C1. The molecular formula is C22H23N3O5. The normalized spacial score (nSPS) is 19.6. The Labute approximate surface area is 174 Å². The molecule has 0 aromatic heterocycles. The highest BCUT2D eigenvalue weighted by atomic mass is 16.6. The van der Waals surface area contributed by atoms with Crippen molar-refractivity contribution in [1.82, 2.24) is 15.1 Å². The molecule has 0 spiro atoms. The van der Waals surface area contributed by atoms with Crippen LogP contribution in [0.3, 0.4) is 0 Å². The van der Waals surface area contributed by atoms with Gasteiger partial charge in [-0.3, -0.25) is 4.90 Å². The number of carbonyl (C=O) groups excluding carboxylic acids is 3. The first-order chi connectivity index (χ1) is 14.6. The van der Waals surface area contributed by atoms with Crippen LogP contribution in [0.4, 0.5) is 14.4 Å². The van der Waals surface area contributed by atoms with Crippen molar-refractivity contribution in [2.45, 2.75) is 18.6 Å². The van der Waals surface area contributed by atoms with Crippen LogP contribution in [0.5, 0.6) is 0 Å². The Balaban J connectivity index is 1.70. The second-order valence-electron chi connectivity index (χ2n) is 7.14. The van der Waals surface area contributed by atoms with Gasteiger partial charge in [-0.25, -0.2) is 19.7 Å². The first kappa shape index (κ1) is 19.8. The number of nitrogens with one attached hydrogen (secondary N) is 1. The molecule has 4 rings (SSSR count). The number of rotatable bonds is 3. The van der Waals surface area contributed by atoms with E-state index in [1.165, 1.54) is 4.90 Å². The monoisotopic (exact) mass is 409 g/mol. The van der Waals surface area contributed by atoms with Crippen LogP contribution in [-0.2, 0) is 15.1 Å². The third-order valence-corrected chi connectivity index (χ3v) is 5.51. The Hall–Kier alpha value is -3.55. The average molecular weight is 409 g/mol. The second-order valence-corrected chi connectivity index (χ2v) is 7.14. The number of hydrogen-bond donors (Lipinski definition) is 1. The van der Waals surface area contributed by atoms with Crippen LogP contribution in [0.25, 0.3) is 0 Å². The van der Waals surface area contributed by atoms with E-state index in [1.54, 1.807) is 11.8 Å². The predicted molar refractivity (Wildman–Crippen MR) is 108 cm³/mol. The van der Waals surface area contributed by atoms with Gasteiger partial charge in [0.2, 0.25) is 0 Å². The van der Waals surface area contributed by atoms with Gasteiger partial charge >= 0.3 is 18.2 Å². The number of ether oxygens (including phenoxy) is 2. The van der Waals surface area contributed by atoms with Crippen LogP contribution < -0.4 is 5.32 Å². The predicted octanol–water partition coefficient (Wildman–Crippen LogP) is 2.93. The number of hydrogen-bond acceptors (Lipinski definition) is 5. The number of cyclic esters (lactones) is 1. The molecule has 2 aromatic rings. The summed E-state index contributed by atoms with van der Waals surface area (Å²) >= 11 is 0. The van der Waals surface area contributed by atoms with Gasteiger partial charge in [0.25, 0.3) is 0 Å². The van der Waals surface area contributed by atoms with E-state index in [4.69, 9.17) is 9.47 Å². The number of fused-ring (bicyclic) bond motifs is 1. The van der Waals surface area contributed by atoms with E-state index in [-0.39, 0.29) is 19.7 Å². The fourth-order valence-corrected chi connectivity index (χ4v) is 4.17. The van der Waals surface area contributed by atoms with E-state index < -0.39 is 29.9 Å². The molecule has 0 bridgehead atoms. The van der Waals surface area contributed by atoms with Crippen molar-refractivity contribution >= 4 is 18.2 Å². The lowest BCUT2D eigenvalue weighted by atomic mass is 9.79. The molecule has 1 N–H and O–H groups in total. The highest BCUT2D eigenvalue weighted by Crippen LogP contribution is 2.45. The van der Waals surface area contributed by atoms with E-state index in [0.717, 1.165) is 11.1 Å². The summed E-state index contributed by atoms with van der Waals surface area (Å²) in [5, 5.41) is 2.23. The Kier molecular flexibility index (Phi) is 5.31. The van der Waals surface area contributed by atoms with Crippen molar-refractivity contribution in [3.05, 3.63) is 71.8 Å². The maximum atomic E-state index is 12.8. The smallest absolute Gasteiger partial charge is 0.415 e. The van der Waals surface area contributed by atoms with Gasteiger partial charge in [0.05, 0.1) is 6.61 Å². The lowest BCUT2D eigenvalue weighted by Gasteiger charge is -2.42. The van der Waals surface area contributed by atoms with E-state index in [0.29, 0.717) is 6.54 Å². The molecular weight excluding hydrogens is 386 g/mol. The quantitative estimate of drug-likeness (QED) is 0.842. The number of amides is 4. The maximum absolute atomic E-state index is 12.8. The summed E-state index contributed by atoms with van der Waals surface area (Å²) in [6, 6.07) is 18.0. The molecule has 1 unspecified atom stereocenters. The van der Waals surface area contributed by atoms with Gasteiger partial charge in [-0.1, -0.05) is 60.7 Å². The standard InChI is InChI=1S/C22H23N3O5/c1-2-29-20(27)23-19(26)24-13-14-25-18(15-24)22(30-21(25)28,16-9-5-3-6-10-16)17-11-7-4-8-12-17/h3-12,18H,2,13-15H2,1H3,(H,23,26,27). The Morgan fingerprint density at radius 2 is 1.67 bits per heavy atom. The van der Waals surface area contributed by atoms with E-state index in [9.17, 15) is 14.4 Å². The summed E-state index contributed by atoms with van der Waals surface area (Å²) in [6.07, 6.45) is -1.21. The number of carbonyl (C=O) groups is 3. The molecule has 2 aromatic carbocycles. The van der Waals surface area contributed by atoms with Crippen LogP contribution in [0.15, 0.2) is 60.7 Å². The van der Waals surface area contributed by atoms with E-state index in [1.807, 2.05) is 60.7 Å². The molecule has 2 aliphatic rings. The zero-order valence-electron chi connectivity index (χ0n) is 16.6. The lowest BCUT2D eigenvalue weighted by Crippen LogP contribution is -2.60. The molecule has 30 heavy (non-hydrogen) atoms. The van der Waals surface area contributed by atoms with Gasteiger partial charge in [-0.15, -0.1) is 0 Å². The molecule has 1 atom stereocenters. The summed E-state index contributed by atoms with van der Waals surface area (Å²) in [4.78, 5) is 40.3. The third kappa shape index (κ3) is 3.34. The van der Waals surface area contributed by atoms with Crippen molar-refractivity contribution in [3.8, 4) is 0 Å². The van der Waals surface area contributed by atoms with Crippen LogP contribution >= 0.6 is 0 Å². The van der Waals surface area contributed by atoms with Gasteiger partial charge in [0.1, 0.15) is 6.04 Å². The van der Waals surface area contributed by atoms with Crippen molar-refractivity contribution in [1.29, 1.82) is 0 Å². The average Bonchev–Trinajstić information content (AvgIpc) is 3.08. The van der Waals surface area contributed by atoms with Gasteiger partial charge in [-0.05, 0) is 6.92 Å². The van der Waals surface area contributed by atoms with Crippen LogP contribution in [0.2, 0.25) is 0 Å². The fourth-order valence-electron chi connectivity index (χ4n) is 4.17. The van der Waals surface area contributed by atoms with Gasteiger partial charge in [0.15, 0.2) is 5.60 Å². The summed E-state index contributed by atoms with van der Waals surface area (Å²) in [5.74, 6) is 0. The highest BCUT2D eigenvalue weighted by Gasteiger charge is 2.58. The molecule has 2 fully saturated rings. The van der Waals surface area contributed by atoms with Crippen molar-refractivity contribution in [2.24, 2.45) is 0 Å². The third-order valence-electron chi connectivity index (χ3n) is 5.51. The van der Waals surface area contributed by atoms with E-state index in [2.05, 4.69) is 5.32 Å². The molecule has 2 aliphatic heterocycles. The molecule has 4 amide bonds. The summed E-state index contributed by atoms with van der Waals surface area (Å²) in [6.45, 7) is 2.64. The molecule has 156 valence electrons. The van der Waals surface area contributed by atoms with Gasteiger partial charge in [0, 0.05) is 30.8 Å². The number of nitrogens with zero attached hydrogens (tertiary/aromatic N) is 2. The van der Waals surface area contributed by atoms with Crippen molar-refractivity contribution in [3.63, 3.8) is 0 Å². The first-order valence-corrected chi connectivity index (χ1v) is 9.89. The maximum Gasteiger partial charge on any atom is 0.415 e. The van der Waals surface area contributed by atoms with Crippen molar-refractivity contribution < 1.29 is 23.9 Å². The minimum absolute atomic E-state index is 0.170. The zero-order valence-corrected chi connectivity index (χ0v) is 16.6. The zero-order chi connectivity index (χ0) is 21.1. The molecule has 8 nitrogen and oxygen atoms in total. The van der Waals surface area contributed by atoms with Gasteiger partial charge < -0.3 is 14.4 Å². The topological polar surface area (TPSA) is 88.2 Å². The molecule has 2 saturated heterocycles. The summed E-state index contributed by atoms with van der Waals surface area (Å²) in [7, 11) is 0. The summed E-state index contributed by atoms with van der Waals surface area (Å²) in [5.41, 5.74) is 0.581. The number of alkyl carbamates (subject to hydrolysis) is 1. The number of imide groups is 1. The van der Waals surface area contributed by atoms with Gasteiger partial charge in [-0.2, -0.15) is 0 Å². The molecule has 8 heteroatoms. The van der Waals surface area contributed by atoms with Crippen LogP contribution in [0.1, 0.15) is 18.1 Å². The number of piperazine rings is 1. The molecule has 0 aliphatic carbocycles. The minimum atomic E-state index is -1.07. The molecule has 2 heterocycles. The fraction of sp³-hybridized carbons (Fsp3) is 0.318. The molecule has 0 saturated carbocycles. The van der Waals surface area contributed by atoms with Crippen LogP contribution in [-0.4, -0.2) is 60.3 Å². The number of urea groups is 1. The number of benzene rings is 2. The lowest BCUT2D eigenvalue weighted by molar-refractivity contribution is 0.0511. The molecule has 0 radical (unpaired) electrons. The first-order valence-electron chi connectivity index (χ1n) is 9.89.